The van der Waals surface area contributed by atoms with Crippen LogP contribution in [0.1, 0.15) is 19.4 Å². The Morgan fingerprint density at radius 1 is 0.488 bits per heavy atom. The Morgan fingerprint density at radius 3 is 1.47 bits per heavy atom. The number of benzene rings is 7. The van der Waals surface area contributed by atoms with E-state index in [1.54, 1.807) is 6.20 Å². The molecule has 0 atom stereocenters. The standard InChI is InChI=1S/C42H33N/c1-3-28(2)40(27-43)32-21-16-30(17-22-32)31-18-23-33(24-19-31)41-36-12-6-8-14-38(36)42(39-15-9-7-13-37(39)41)35-25-20-29-10-4-5-11-34(29)26-35/h3-27H,43H2,1-2H3/b28-3-,40-27+. The van der Waals surface area contributed by atoms with Gasteiger partial charge in [-0.2, -0.15) is 0 Å². The summed E-state index contributed by atoms with van der Waals surface area (Å²) >= 11 is 0. The molecule has 7 aromatic carbocycles. The van der Waals surface area contributed by atoms with E-state index in [4.69, 9.17) is 5.73 Å². The molecule has 0 spiro atoms. The van der Waals surface area contributed by atoms with Gasteiger partial charge in [0.2, 0.25) is 0 Å². The Labute approximate surface area is 253 Å². The van der Waals surface area contributed by atoms with E-state index in [0.717, 1.165) is 11.1 Å². The van der Waals surface area contributed by atoms with Gasteiger partial charge in [0.15, 0.2) is 0 Å². The van der Waals surface area contributed by atoms with Crippen LogP contribution in [0, 0.1) is 0 Å². The van der Waals surface area contributed by atoms with E-state index in [0.29, 0.717) is 0 Å². The molecule has 0 amide bonds. The summed E-state index contributed by atoms with van der Waals surface area (Å²) in [4.78, 5) is 0. The first-order valence-corrected chi connectivity index (χ1v) is 14.9. The quantitative estimate of drug-likeness (QED) is 0.167. The van der Waals surface area contributed by atoms with Gasteiger partial charge in [0.25, 0.3) is 0 Å². The van der Waals surface area contributed by atoms with Gasteiger partial charge >= 0.3 is 0 Å². The molecule has 0 saturated heterocycles. The molecule has 0 aliphatic rings. The predicted molar refractivity (Wildman–Crippen MR) is 187 cm³/mol. The summed E-state index contributed by atoms with van der Waals surface area (Å²) in [5.74, 6) is 0. The molecule has 0 radical (unpaired) electrons. The first kappa shape index (κ1) is 26.5. The van der Waals surface area contributed by atoms with E-state index in [1.165, 1.54) is 71.3 Å². The van der Waals surface area contributed by atoms with Gasteiger partial charge in [0.05, 0.1) is 0 Å². The molecule has 0 bridgehead atoms. The SMILES string of the molecule is C/C=C(C)\C(=C/N)c1ccc(-c2ccc(-c3c4ccccc4c(-c4ccc5ccccc5c4)c4ccccc34)cc2)cc1. The number of hydrogen-bond acceptors (Lipinski definition) is 1. The first-order valence-electron chi connectivity index (χ1n) is 14.9. The monoisotopic (exact) mass is 551 g/mol. The van der Waals surface area contributed by atoms with Gasteiger partial charge in [-0.3, -0.25) is 0 Å². The Hall–Kier alpha value is -5.40. The van der Waals surface area contributed by atoms with Crippen molar-refractivity contribution >= 4 is 37.9 Å². The van der Waals surface area contributed by atoms with Crippen LogP contribution in [0.5, 0.6) is 0 Å². The van der Waals surface area contributed by atoms with E-state index in [9.17, 15) is 0 Å². The van der Waals surface area contributed by atoms with Gasteiger partial charge in [0.1, 0.15) is 0 Å². The van der Waals surface area contributed by atoms with Gasteiger partial charge < -0.3 is 5.73 Å². The Bertz CT molecular complexity index is 2120. The maximum absolute atomic E-state index is 5.94. The fourth-order valence-electron chi connectivity index (χ4n) is 6.38. The zero-order chi connectivity index (χ0) is 29.3. The van der Waals surface area contributed by atoms with Crippen LogP contribution in [-0.4, -0.2) is 0 Å². The molecule has 0 aliphatic carbocycles. The zero-order valence-electron chi connectivity index (χ0n) is 24.5. The average Bonchev–Trinajstić information content (AvgIpc) is 3.07. The summed E-state index contributed by atoms with van der Waals surface area (Å²) < 4.78 is 0. The van der Waals surface area contributed by atoms with Crippen molar-refractivity contribution in [2.45, 2.75) is 13.8 Å². The predicted octanol–water partition coefficient (Wildman–Crippen LogP) is 11.4. The molecule has 0 fully saturated rings. The lowest BCUT2D eigenvalue weighted by Crippen LogP contribution is -1.92. The third-order valence-electron chi connectivity index (χ3n) is 8.70. The van der Waals surface area contributed by atoms with Crippen molar-refractivity contribution < 1.29 is 0 Å². The summed E-state index contributed by atoms with van der Waals surface area (Å²) in [6.07, 6.45) is 3.78. The first-order chi connectivity index (χ1) is 21.2. The molecular weight excluding hydrogens is 518 g/mol. The minimum absolute atomic E-state index is 1.07. The summed E-state index contributed by atoms with van der Waals surface area (Å²) in [7, 11) is 0. The number of allylic oxidation sites excluding steroid dienone is 3. The Balaban J connectivity index is 1.35. The number of nitrogens with two attached hydrogens (primary N) is 1. The van der Waals surface area contributed by atoms with Gasteiger partial charge in [-0.1, -0.05) is 140 Å². The van der Waals surface area contributed by atoms with Crippen LogP contribution in [0.4, 0.5) is 0 Å². The van der Waals surface area contributed by atoms with Crippen molar-refractivity contribution in [3.8, 4) is 33.4 Å². The van der Waals surface area contributed by atoms with Gasteiger partial charge in [-0.05, 0) is 102 Å². The summed E-state index contributed by atoms with van der Waals surface area (Å²) in [5.41, 5.74) is 16.7. The second-order valence-electron chi connectivity index (χ2n) is 11.1. The van der Waals surface area contributed by atoms with E-state index in [-0.39, 0.29) is 0 Å². The minimum atomic E-state index is 1.07. The smallest absolute Gasteiger partial charge is 0.00201 e. The second kappa shape index (κ2) is 11.1. The fraction of sp³-hybridized carbons (Fsp3) is 0.0476. The van der Waals surface area contributed by atoms with Crippen molar-refractivity contribution in [2.24, 2.45) is 5.73 Å². The van der Waals surface area contributed by atoms with Crippen molar-refractivity contribution in [1.29, 1.82) is 0 Å². The van der Waals surface area contributed by atoms with Crippen LogP contribution < -0.4 is 5.73 Å². The summed E-state index contributed by atoms with van der Waals surface area (Å²) in [6.45, 7) is 4.13. The van der Waals surface area contributed by atoms with Crippen LogP contribution in [-0.2, 0) is 0 Å². The normalized spacial score (nSPS) is 12.3. The lowest BCUT2D eigenvalue weighted by molar-refractivity contribution is 1.43. The van der Waals surface area contributed by atoms with Crippen molar-refractivity contribution in [2.75, 3.05) is 0 Å². The third kappa shape index (κ3) is 4.70. The van der Waals surface area contributed by atoms with E-state index in [1.807, 2.05) is 6.92 Å². The van der Waals surface area contributed by atoms with Gasteiger partial charge in [-0.15, -0.1) is 0 Å². The highest BCUT2D eigenvalue weighted by molar-refractivity contribution is 6.21. The zero-order valence-corrected chi connectivity index (χ0v) is 24.5. The molecule has 0 heterocycles. The average molecular weight is 552 g/mol. The van der Waals surface area contributed by atoms with Crippen LogP contribution >= 0.6 is 0 Å². The molecule has 0 saturated carbocycles. The second-order valence-corrected chi connectivity index (χ2v) is 11.1. The summed E-state index contributed by atoms with van der Waals surface area (Å²) in [5, 5.41) is 7.59. The molecule has 7 rings (SSSR count). The fourth-order valence-corrected chi connectivity index (χ4v) is 6.38. The van der Waals surface area contributed by atoms with Crippen LogP contribution in [0.3, 0.4) is 0 Å². The largest absolute Gasteiger partial charge is 0.404 e. The van der Waals surface area contributed by atoms with Crippen molar-refractivity contribution in [3.05, 3.63) is 163 Å². The van der Waals surface area contributed by atoms with Crippen LogP contribution in [0.15, 0.2) is 157 Å². The molecule has 0 aliphatic heterocycles. The number of fused-ring (bicyclic) bond motifs is 3. The highest BCUT2D eigenvalue weighted by Crippen LogP contribution is 2.44. The lowest BCUT2D eigenvalue weighted by Gasteiger charge is -2.18. The molecule has 7 aromatic rings. The third-order valence-corrected chi connectivity index (χ3v) is 8.70. The van der Waals surface area contributed by atoms with E-state index in [2.05, 4.69) is 153 Å². The minimum Gasteiger partial charge on any atom is -0.404 e. The highest BCUT2D eigenvalue weighted by atomic mass is 14.5. The molecule has 0 unspecified atom stereocenters. The topological polar surface area (TPSA) is 26.0 Å². The number of rotatable bonds is 5. The molecular formula is C42H33N. The van der Waals surface area contributed by atoms with Crippen molar-refractivity contribution in [3.63, 3.8) is 0 Å². The van der Waals surface area contributed by atoms with Gasteiger partial charge in [0, 0.05) is 6.20 Å². The maximum Gasteiger partial charge on any atom is 0.00201 e. The lowest BCUT2D eigenvalue weighted by atomic mass is 9.85. The summed E-state index contributed by atoms with van der Waals surface area (Å²) in [6, 6.07) is 50.8. The molecule has 1 nitrogen and oxygen atoms in total. The van der Waals surface area contributed by atoms with Crippen LogP contribution in [0.2, 0.25) is 0 Å². The van der Waals surface area contributed by atoms with Gasteiger partial charge in [-0.25, -0.2) is 0 Å². The van der Waals surface area contributed by atoms with Crippen molar-refractivity contribution in [1.82, 2.24) is 0 Å². The number of hydrogen-bond donors (Lipinski definition) is 1. The van der Waals surface area contributed by atoms with E-state index >= 15 is 0 Å². The van der Waals surface area contributed by atoms with E-state index < -0.39 is 0 Å². The molecule has 206 valence electrons. The highest BCUT2D eigenvalue weighted by Gasteiger charge is 2.17. The maximum atomic E-state index is 5.94. The molecule has 0 aromatic heterocycles. The molecule has 1 heteroatoms. The molecule has 2 N–H and O–H groups in total. The molecule has 43 heavy (non-hydrogen) atoms. The Kier molecular flexibility index (Phi) is 6.85. The Morgan fingerprint density at radius 2 is 0.930 bits per heavy atom. The van der Waals surface area contributed by atoms with Crippen LogP contribution in [0.25, 0.3) is 71.3 Å².